The highest BCUT2D eigenvalue weighted by molar-refractivity contribution is 6.30. The molecule has 0 saturated heterocycles. The molecule has 2 N–H and O–H groups in total. The van der Waals surface area contributed by atoms with E-state index in [9.17, 15) is 0 Å². The summed E-state index contributed by atoms with van der Waals surface area (Å²) < 4.78 is 1.83. The molecular formula is C16H16ClN3. The Morgan fingerprint density at radius 3 is 2.40 bits per heavy atom. The molecule has 0 radical (unpaired) electrons. The number of imidazole rings is 1. The van der Waals surface area contributed by atoms with E-state index < -0.39 is 0 Å². The molecule has 0 aliphatic rings. The number of halogens is 1. The molecule has 2 aromatic heterocycles. The van der Waals surface area contributed by atoms with Gasteiger partial charge in [-0.25, -0.2) is 4.98 Å². The summed E-state index contributed by atoms with van der Waals surface area (Å²) in [5.41, 5.74) is 12.6. The van der Waals surface area contributed by atoms with Crippen LogP contribution in [0.1, 0.15) is 16.7 Å². The van der Waals surface area contributed by atoms with Crippen molar-refractivity contribution in [2.24, 2.45) is 0 Å². The molecule has 0 spiro atoms. The van der Waals surface area contributed by atoms with Crippen LogP contribution in [0.25, 0.3) is 16.9 Å². The Balaban J connectivity index is 2.33. The van der Waals surface area contributed by atoms with E-state index in [-0.39, 0.29) is 0 Å². The van der Waals surface area contributed by atoms with Crippen molar-refractivity contribution in [2.45, 2.75) is 20.8 Å². The Hall–Kier alpha value is -2.00. The van der Waals surface area contributed by atoms with Crippen molar-refractivity contribution in [3.05, 3.63) is 52.2 Å². The van der Waals surface area contributed by atoms with Crippen molar-refractivity contribution in [2.75, 3.05) is 5.73 Å². The molecule has 0 amide bonds. The first-order valence-electron chi connectivity index (χ1n) is 6.48. The van der Waals surface area contributed by atoms with Crippen molar-refractivity contribution >= 4 is 23.1 Å². The Morgan fingerprint density at radius 1 is 1.10 bits per heavy atom. The van der Waals surface area contributed by atoms with Crippen molar-refractivity contribution < 1.29 is 0 Å². The molecule has 0 unspecified atom stereocenters. The largest absolute Gasteiger partial charge is 0.383 e. The van der Waals surface area contributed by atoms with Crippen LogP contribution < -0.4 is 5.73 Å². The highest BCUT2D eigenvalue weighted by Gasteiger charge is 2.15. The van der Waals surface area contributed by atoms with Crippen molar-refractivity contribution in [1.82, 2.24) is 9.38 Å². The van der Waals surface area contributed by atoms with E-state index in [1.165, 1.54) is 16.7 Å². The monoisotopic (exact) mass is 285 g/mol. The second kappa shape index (κ2) is 4.53. The van der Waals surface area contributed by atoms with Crippen LogP contribution in [-0.2, 0) is 0 Å². The first-order chi connectivity index (χ1) is 9.47. The van der Waals surface area contributed by atoms with Crippen LogP contribution in [0.15, 0.2) is 30.5 Å². The van der Waals surface area contributed by atoms with Crippen molar-refractivity contribution in [1.29, 1.82) is 0 Å². The minimum absolute atomic E-state index is 0.623. The van der Waals surface area contributed by atoms with E-state index in [1.54, 1.807) is 6.20 Å². The molecule has 0 saturated carbocycles. The minimum atomic E-state index is 0.623. The summed E-state index contributed by atoms with van der Waals surface area (Å²) in [5.74, 6) is 0.623. The second-order valence-corrected chi connectivity index (χ2v) is 5.63. The molecule has 3 rings (SSSR count). The molecule has 20 heavy (non-hydrogen) atoms. The van der Waals surface area contributed by atoms with Crippen LogP contribution >= 0.6 is 11.6 Å². The maximum absolute atomic E-state index is 6.26. The summed E-state index contributed by atoms with van der Waals surface area (Å²) in [6, 6.07) is 8.00. The average molecular weight is 286 g/mol. The maximum atomic E-state index is 6.26. The van der Waals surface area contributed by atoms with Crippen LogP contribution in [0.2, 0.25) is 5.02 Å². The molecular weight excluding hydrogens is 270 g/mol. The van der Waals surface area contributed by atoms with Gasteiger partial charge in [-0.05, 0) is 44.0 Å². The number of anilines is 1. The van der Waals surface area contributed by atoms with E-state index >= 15 is 0 Å². The van der Waals surface area contributed by atoms with Crippen LogP contribution in [0.4, 0.5) is 5.82 Å². The smallest absolute Gasteiger partial charge is 0.139 e. The number of aromatic nitrogens is 2. The molecule has 0 aliphatic carbocycles. The van der Waals surface area contributed by atoms with Gasteiger partial charge in [0.2, 0.25) is 0 Å². The van der Waals surface area contributed by atoms with Gasteiger partial charge in [-0.3, -0.25) is 4.40 Å². The number of nitrogens with zero attached hydrogens (tertiary/aromatic N) is 2. The second-order valence-electron chi connectivity index (χ2n) is 5.19. The zero-order valence-corrected chi connectivity index (χ0v) is 12.5. The van der Waals surface area contributed by atoms with E-state index in [2.05, 4.69) is 37.9 Å². The molecule has 102 valence electrons. The lowest BCUT2D eigenvalue weighted by atomic mass is 9.97. The molecule has 0 atom stereocenters. The van der Waals surface area contributed by atoms with Crippen LogP contribution in [0.3, 0.4) is 0 Å². The summed E-state index contributed by atoms with van der Waals surface area (Å²) in [5, 5.41) is 0.644. The molecule has 0 bridgehead atoms. The SMILES string of the molecule is Cc1cc(C)c(-c2nc3ccc(Cl)cn3c2N)c(C)c1. The first kappa shape index (κ1) is 13.0. The van der Waals surface area contributed by atoms with Crippen molar-refractivity contribution in [3.63, 3.8) is 0 Å². The molecule has 0 fully saturated rings. The fraction of sp³-hybridized carbons (Fsp3) is 0.188. The number of fused-ring (bicyclic) bond motifs is 1. The topological polar surface area (TPSA) is 43.3 Å². The Kier molecular flexibility index (Phi) is 2.94. The Labute approximate surface area is 123 Å². The van der Waals surface area contributed by atoms with Gasteiger partial charge in [-0.15, -0.1) is 0 Å². The van der Waals surface area contributed by atoms with Gasteiger partial charge >= 0.3 is 0 Å². The van der Waals surface area contributed by atoms with Gasteiger partial charge in [0.1, 0.15) is 17.2 Å². The zero-order valence-electron chi connectivity index (χ0n) is 11.7. The molecule has 1 aromatic carbocycles. The molecule has 3 nitrogen and oxygen atoms in total. The van der Waals surface area contributed by atoms with E-state index in [0.717, 1.165) is 16.9 Å². The predicted octanol–water partition coefficient (Wildman–Crippen LogP) is 4.16. The summed E-state index contributed by atoms with van der Waals surface area (Å²) >= 11 is 6.03. The van der Waals surface area contributed by atoms with Gasteiger partial charge in [0.05, 0.1) is 5.02 Å². The van der Waals surface area contributed by atoms with E-state index in [4.69, 9.17) is 17.3 Å². The lowest BCUT2D eigenvalue weighted by Crippen LogP contribution is -1.96. The van der Waals surface area contributed by atoms with Gasteiger partial charge in [0.25, 0.3) is 0 Å². The fourth-order valence-electron chi connectivity index (χ4n) is 2.77. The zero-order chi connectivity index (χ0) is 14.4. The molecule has 2 heterocycles. The van der Waals surface area contributed by atoms with Gasteiger partial charge in [-0.2, -0.15) is 0 Å². The number of benzene rings is 1. The van der Waals surface area contributed by atoms with Gasteiger partial charge in [0.15, 0.2) is 0 Å². The normalized spacial score (nSPS) is 11.2. The summed E-state index contributed by atoms with van der Waals surface area (Å²) in [6.07, 6.45) is 1.79. The summed E-state index contributed by atoms with van der Waals surface area (Å²) in [6.45, 7) is 6.27. The first-order valence-corrected chi connectivity index (χ1v) is 6.86. The number of rotatable bonds is 1. The maximum Gasteiger partial charge on any atom is 0.139 e. The number of aryl methyl sites for hydroxylation is 3. The summed E-state index contributed by atoms with van der Waals surface area (Å²) in [4.78, 5) is 4.65. The van der Waals surface area contributed by atoms with Gasteiger partial charge < -0.3 is 5.73 Å². The number of hydrogen-bond acceptors (Lipinski definition) is 2. The molecule has 4 heteroatoms. The van der Waals surface area contributed by atoms with Gasteiger partial charge in [-0.1, -0.05) is 29.3 Å². The third-order valence-corrected chi connectivity index (χ3v) is 3.76. The lowest BCUT2D eigenvalue weighted by molar-refractivity contribution is 1.20. The Bertz CT molecular complexity index is 795. The van der Waals surface area contributed by atoms with E-state index in [0.29, 0.717) is 10.8 Å². The quantitative estimate of drug-likeness (QED) is 0.729. The van der Waals surface area contributed by atoms with Crippen LogP contribution in [-0.4, -0.2) is 9.38 Å². The predicted molar refractivity (Wildman–Crippen MR) is 84.3 cm³/mol. The third kappa shape index (κ3) is 1.95. The number of hydrogen-bond donors (Lipinski definition) is 1. The van der Waals surface area contributed by atoms with E-state index in [1.807, 2.05) is 16.5 Å². The number of pyridine rings is 1. The van der Waals surface area contributed by atoms with Crippen LogP contribution in [0.5, 0.6) is 0 Å². The highest BCUT2D eigenvalue weighted by Crippen LogP contribution is 2.32. The fourth-order valence-corrected chi connectivity index (χ4v) is 2.94. The van der Waals surface area contributed by atoms with Crippen molar-refractivity contribution in [3.8, 4) is 11.3 Å². The lowest BCUT2D eigenvalue weighted by Gasteiger charge is -2.09. The highest BCUT2D eigenvalue weighted by atomic mass is 35.5. The minimum Gasteiger partial charge on any atom is -0.383 e. The molecule has 0 aliphatic heterocycles. The third-order valence-electron chi connectivity index (χ3n) is 3.53. The summed E-state index contributed by atoms with van der Waals surface area (Å²) in [7, 11) is 0. The number of nitrogen functional groups attached to an aromatic ring is 1. The average Bonchev–Trinajstić information content (AvgIpc) is 2.66. The number of nitrogens with two attached hydrogens (primary N) is 1. The standard InChI is InChI=1S/C16H16ClN3/c1-9-6-10(2)14(11(3)7-9)15-16(18)20-8-12(17)4-5-13(20)19-15/h4-8H,18H2,1-3H3. The Morgan fingerprint density at radius 2 is 1.75 bits per heavy atom. The van der Waals surface area contributed by atoms with Gasteiger partial charge in [0, 0.05) is 11.8 Å². The molecule has 3 aromatic rings. The van der Waals surface area contributed by atoms with Crippen LogP contribution in [0, 0.1) is 20.8 Å².